The third-order valence-corrected chi connectivity index (χ3v) is 7.92. The van der Waals surface area contributed by atoms with Crippen LogP contribution in [-0.4, -0.2) is 97.7 Å². The quantitative estimate of drug-likeness (QED) is 0.234. The van der Waals surface area contributed by atoms with E-state index >= 15 is 0 Å². The summed E-state index contributed by atoms with van der Waals surface area (Å²) in [6.07, 6.45) is 7.90. The normalized spacial score (nSPS) is 24.0. The number of fused-ring (bicyclic) bond motifs is 2. The van der Waals surface area contributed by atoms with Gasteiger partial charge in [0.15, 0.2) is 0 Å². The highest BCUT2D eigenvalue weighted by molar-refractivity contribution is 5.92. The second kappa shape index (κ2) is 18.6. The molecule has 0 radical (unpaired) electrons. The van der Waals surface area contributed by atoms with Crippen molar-refractivity contribution in [1.82, 2.24) is 9.80 Å². The number of amides is 1. The fourth-order valence-corrected chi connectivity index (χ4v) is 5.26. The average Bonchev–Trinajstić information content (AvgIpc) is 3.74. The Morgan fingerprint density at radius 2 is 1.66 bits per heavy atom. The van der Waals surface area contributed by atoms with Crippen LogP contribution in [-0.2, 0) is 33.4 Å². The van der Waals surface area contributed by atoms with Gasteiger partial charge in [-0.2, -0.15) is 0 Å². The molecule has 0 aromatic carbocycles. The predicted octanol–water partition coefficient (Wildman–Crippen LogP) is 3.04. The molecule has 2 aliphatic heterocycles. The Kier molecular flexibility index (Phi) is 14.8. The van der Waals surface area contributed by atoms with Crippen molar-refractivity contribution in [1.29, 1.82) is 1.43 Å². The van der Waals surface area contributed by atoms with Gasteiger partial charge in [0.05, 0.1) is 32.3 Å². The molecule has 234 valence electrons. The molecule has 1 saturated carbocycles. The summed E-state index contributed by atoms with van der Waals surface area (Å²) in [5.41, 5.74) is -0.426. The van der Waals surface area contributed by atoms with Crippen LogP contribution in [0.25, 0.3) is 0 Å². The van der Waals surface area contributed by atoms with Gasteiger partial charge in [0.2, 0.25) is 7.34 Å². The molecular formula is C30H50N2O9. The molecule has 2 saturated heterocycles. The van der Waals surface area contributed by atoms with Crippen LogP contribution in [0.3, 0.4) is 0 Å². The van der Waals surface area contributed by atoms with Crippen molar-refractivity contribution in [2.24, 2.45) is 23.2 Å². The van der Waals surface area contributed by atoms with Gasteiger partial charge < -0.3 is 29.5 Å². The maximum Gasteiger partial charge on any atom is 0.314 e. The van der Waals surface area contributed by atoms with E-state index in [1.165, 1.54) is 26.7 Å². The Bertz CT molecular complexity index is 915. The molecule has 41 heavy (non-hydrogen) atoms. The lowest BCUT2D eigenvalue weighted by molar-refractivity contribution is -0.152. The fourth-order valence-electron chi connectivity index (χ4n) is 5.26. The number of esters is 3. The highest BCUT2D eigenvalue weighted by atomic mass is 16.6. The highest BCUT2D eigenvalue weighted by Crippen LogP contribution is 2.44. The van der Waals surface area contributed by atoms with E-state index in [9.17, 15) is 24.0 Å². The Hall–Kier alpha value is -2.79. The van der Waals surface area contributed by atoms with Gasteiger partial charge in [-0.25, -0.2) is 0 Å². The molecule has 0 spiro atoms. The van der Waals surface area contributed by atoms with Crippen molar-refractivity contribution in [3.63, 3.8) is 0 Å². The number of rotatable bonds is 9. The lowest BCUT2D eigenvalue weighted by Gasteiger charge is -2.40. The van der Waals surface area contributed by atoms with Gasteiger partial charge in [0.25, 0.3) is 0 Å². The summed E-state index contributed by atoms with van der Waals surface area (Å²) in [5.74, 6) is -1.05. The van der Waals surface area contributed by atoms with Crippen molar-refractivity contribution in [2.75, 3.05) is 46.4 Å². The lowest BCUT2D eigenvalue weighted by atomic mass is 9.80. The standard InChI is InChI=1S/C19H27NO5.C6H15N.C4H4O3.CH4O/c1-19(12-25-17(23)5-4-16(21)22)6-8-20(9-7-19)18(24)15-11-13-2-3-14(15)10-13;1-4-7(5-2)6-3;5-3-1-2-4(6)7-3;1-2/h2-3,13-15H,4-12H2,1H3,(H,21,22);4-6H2,1-3H3;1-2H2;2H,1H3/i1T;;;2T. The number of nitrogens with zero attached hydrogens (tertiary/aromatic N) is 2. The van der Waals surface area contributed by atoms with Crippen LogP contribution in [0.4, 0.5) is 0 Å². The molecule has 2 aliphatic carbocycles. The summed E-state index contributed by atoms with van der Waals surface area (Å²) < 4.78 is 22.9. The minimum absolute atomic E-state index is 0.113. The van der Waals surface area contributed by atoms with E-state index in [4.69, 9.17) is 12.6 Å². The van der Waals surface area contributed by atoms with Crippen LogP contribution in [0.1, 0.15) is 80.4 Å². The monoisotopic (exact) mass is 586 g/mol. The van der Waals surface area contributed by atoms with Crippen molar-refractivity contribution < 1.29 is 45.0 Å². The molecule has 2 heterocycles. The van der Waals surface area contributed by atoms with E-state index in [2.05, 4.69) is 47.7 Å². The van der Waals surface area contributed by atoms with E-state index in [0.717, 1.165) is 12.8 Å². The Morgan fingerprint density at radius 1 is 1.07 bits per heavy atom. The molecule has 11 heteroatoms. The number of carbonyl (C=O) groups excluding carboxylic acids is 4. The van der Waals surface area contributed by atoms with Gasteiger partial charge in [0, 0.05) is 32.9 Å². The Morgan fingerprint density at radius 3 is 2.02 bits per heavy atom. The number of hydrogen-bond acceptors (Lipinski definition) is 9. The SMILES string of the molecule is CCN(CC)CC.O=C1CCC(=O)O1.[3H]CC1(COC(=O)CCC(=O)O)CCN(C(=O)C2CC3C=CC2C3)CC1.[3H]OC. The van der Waals surface area contributed by atoms with Crippen molar-refractivity contribution in [3.05, 3.63) is 12.2 Å². The number of aliphatic carboxylic acids is 1. The van der Waals surface area contributed by atoms with E-state index in [-0.39, 0.29) is 51.0 Å². The molecule has 2 N–H and O–H groups in total. The van der Waals surface area contributed by atoms with E-state index in [1.807, 2.05) is 4.90 Å². The summed E-state index contributed by atoms with van der Waals surface area (Å²) in [5, 5.41) is 12.1. The molecule has 11 nitrogen and oxygen atoms in total. The summed E-state index contributed by atoms with van der Waals surface area (Å²) in [6.45, 7) is 11.6. The first kappa shape index (κ1) is 32.7. The Labute approximate surface area is 247 Å². The van der Waals surface area contributed by atoms with Gasteiger partial charge in [-0.15, -0.1) is 0 Å². The number of likely N-dealkylation sites (tertiary alicyclic amines) is 1. The fraction of sp³-hybridized carbons (Fsp3) is 0.767. The summed E-state index contributed by atoms with van der Waals surface area (Å²) in [4.78, 5) is 59.3. The van der Waals surface area contributed by atoms with Gasteiger partial charge in [-0.3, -0.25) is 24.0 Å². The average molecular weight is 587 g/mol. The van der Waals surface area contributed by atoms with Crippen LogP contribution in [0, 0.1) is 23.2 Å². The number of aliphatic hydroxyl groups excluding tert-OH is 1. The first-order valence-electron chi connectivity index (χ1n) is 15.7. The van der Waals surface area contributed by atoms with E-state index < -0.39 is 29.3 Å². The third-order valence-electron chi connectivity index (χ3n) is 7.92. The predicted molar refractivity (Wildman–Crippen MR) is 153 cm³/mol. The highest BCUT2D eigenvalue weighted by Gasteiger charge is 2.43. The number of carbonyl (C=O) groups is 5. The summed E-state index contributed by atoms with van der Waals surface area (Å²) in [6, 6.07) is 0. The van der Waals surface area contributed by atoms with Gasteiger partial charge in [-0.1, -0.05) is 39.8 Å². The number of aliphatic hydroxyl groups is 1. The third kappa shape index (κ3) is 12.7. The molecule has 0 aromatic rings. The van der Waals surface area contributed by atoms with Gasteiger partial charge >= 0.3 is 23.9 Å². The molecular weight excluding hydrogens is 532 g/mol. The minimum atomic E-state index is -1.03. The molecule has 1 amide bonds. The zero-order valence-electron chi connectivity index (χ0n) is 27.1. The number of piperidine rings is 1. The first-order chi connectivity index (χ1) is 20.5. The van der Waals surface area contributed by atoms with Crippen LogP contribution >= 0.6 is 0 Å². The first-order valence-corrected chi connectivity index (χ1v) is 14.6. The van der Waals surface area contributed by atoms with E-state index in [0.29, 0.717) is 37.8 Å². The van der Waals surface area contributed by atoms with Crippen molar-refractivity contribution in [3.8, 4) is 0 Å². The zero-order chi connectivity index (χ0) is 32.4. The smallest absolute Gasteiger partial charge is 0.314 e. The lowest BCUT2D eigenvalue weighted by Crippen LogP contribution is -2.46. The summed E-state index contributed by atoms with van der Waals surface area (Å²) >= 11 is 0. The number of carboxylic acid groups (broad SMARTS) is 1. The van der Waals surface area contributed by atoms with Crippen molar-refractivity contribution >= 4 is 29.8 Å². The summed E-state index contributed by atoms with van der Waals surface area (Å²) in [7, 11) is 1.29. The molecule has 3 fully saturated rings. The topological polar surface area (TPSA) is 151 Å². The number of carboxylic acids is 1. The molecule has 4 aliphatic rings. The van der Waals surface area contributed by atoms with Gasteiger partial charge in [-0.05, 0) is 57.2 Å². The molecule has 4 rings (SSSR count). The number of ether oxygens (including phenoxy) is 2. The maximum absolute atomic E-state index is 12.8. The molecule has 3 atom stereocenters. The Balaban J connectivity index is 0.000000443. The second-order valence-electron chi connectivity index (χ2n) is 10.7. The molecule has 2 bridgehead atoms. The second-order valence-corrected chi connectivity index (χ2v) is 10.7. The van der Waals surface area contributed by atoms with Gasteiger partial charge in [0.1, 0.15) is 0 Å². The van der Waals surface area contributed by atoms with Crippen LogP contribution < -0.4 is 0 Å². The van der Waals surface area contributed by atoms with Crippen molar-refractivity contribution in [2.45, 2.75) is 79.0 Å². The molecule has 0 aromatic heterocycles. The largest absolute Gasteiger partial charge is 0.481 e. The number of allylic oxidation sites excluding steroid dienone is 2. The number of hydrogen-bond donors (Lipinski definition) is 2. The van der Waals surface area contributed by atoms with Crippen LogP contribution in [0.15, 0.2) is 12.2 Å². The van der Waals surface area contributed by atoms with Crippen LogP contribution in [0.2, 0.25) is 0 Å². The minimum Gasteiger partial charge on any atom is -0.481 e. The van der Waals surface area contributed by atoms with E-state index in [1.54, 1.807) is 0 Å². The number of cyclic esters (lactones) is 2. The zero-order valence-corrected chi connectivity index (χ0v) is 25.1. The molecule has 3 unspecified atom stereocenters. The van der Waals surface area contributed by atoms with Crippen LogP contribution in [0.5, 0.6) is 0 Å². The maximum atomic E-state index is 12.8.